The maximum absolute atomic E-state index is 6.03. The minimum atomic E-state index is 0.489. The number of aliphatic imine (C=N–C) groups is 1. The van der Waals surface area contributed by atoms with E-state index in [9.17, 15) is 0 Å². The van der Waals surface area contributed by atoms with Crippen LogP contribution >= 0.6 is 0 Å². The highest BCUT2D eigenvalue weighted by atomic mass is 15.2. The molecule has 0 spiro atoms. The highest BCUT2D eigenvalue weighted by Crippen LogP contribution is 2.27. The zero-order chi connectivity index (χ0) is 15.4. The summed E-state index contributed by atoms with van der Waals surface area (Å²) < 4.78 is 1.80. The van der Waals surface area contributed by atoms with Crippen molar-refractivity contribution in [1.82, 2.24) is 9.78 Å². The molecule has 0 radical (unpaired) electrons. The first kappa shape index (κ1) is 14.6. The van der Waals surface area contributed by atoms with Crippen molar-refractivity contribution in [3.05, 3.63) is 47.3 Å². The van der Waals surface area contributed by atoms with E-state index in [4.69, 9.17) is 5.73 Å². The van der Waals surface area contributed by atoms with Gasteiger partial charge in [-0.2, -0.15) is 5.10 Å². The number of aromatic nitrogens is 2. The van der Waals surface area contributed by atoms with E-state index in [-0.39, 0.29) is 0 Å². The molecule has 0 saturated heterocycles. The van der Waals surface area contributed by atoms with Gasteiger partial charge in [-0.1, -0.05) is 12.1 Å². The molecule has 1 heterocycles. The van der Waals surface area contributed by atoms with E-state index in [1.54, 1.807) is 4.68 Å². The monoisotopic (exact) mass is 297 g/mol. The molecule has 3 rings (SSSR count). The molecule has 5 nitrogen and oxygen atoms in total. The van der Waals surface area contributed by atoms with Crippen LogP contribution in [0.3, 0.4) is 0 Å². The van der Waals surface area contributed by atoms with Crippen LogP contribution in [-0.2, 0) is 26.3 Å². The highest BCUT2D eigenvalue weighted by molar-refractivity contribution is 5.93. The van der Waals surface area contributed by atoms with E-state index in [1.807, 2.05) is 19.4 Å². The van der Waals surface area contributed by atoms with E-state index >= 15 is 0 Å². The molecule has 2 aromatic rings. The van der Waals surface area contributed by atoms with Gasteiger partial charge in [0.15, 0.2) is 5.96 Å². The van der Waals surface area contributed by atoms with Crippen molar-refractivity contribution in [3.8, 4) is 0 Å². The molecule has 0 aliphatic heterocycles. The Labute approximate surface area is 131 Å². The molecule has 0 amide bonds. The average Bonchev–Trinajstić information content (AvgIpc) is 2.93. The number of fused-ring (bicyclic) bond motifs is 1. The van der Waals surface area contributed by atoms with Gasteiger partial charge in [0.1, 0.15) is 0 Å². The van der Waals surface area contributed by atoms with Crippen molar-refractivity contribution in [3.63, 3.8) is 0 Å². The fourth-order valence-corrected chi connectivity index (χ4v) is 2.98. The molecule has 3 N–H and O–H groups in total. The Hall–Kier alpha value is -2.30. The smallest absolute Gasteiger partial charge is 0.193 e. The van der Waals surface area contributed by atoms with E-state index in [2.05, 4.69) is 33.6 Å². The molecule has 1 aromatic heterocycles. The van der Waals surface area contributed by atoms with Gasteiger partial charge in [0.2, 0.25) is 0 Å². The molecule has 0 unspecified atom stereocenters. The van der Waals surface area contributed by atoms with Gasteiger partial charge in [-0.3, -0.25) is 9.67 Å². The number of anilines is 1. The fraction of sp³-hybridized carbons (Fsp3) is 0.412. The lowest BCUT2D eigenvalue weighted by molar-refractivity contribution is 0.687. The van der Waals surface area contributed by atoms with E-state index in [0.29, 0.717) is 12.5 Å². The summed E-state index contributed by atoms with van der Waals surface area (Å²) in [4.78, 5) is 4.42. The summed E-state index contributed by atoms with van der Waals surface area (Å²) in [6, 6.07) is 6.40. The Morgan fingerprint density at radius 2 is 2.23 bits per heavy atom. The lowest BCUT2D eigenvalue weighted by Crippen LogP contribution is -2.24. The largest absolute Gasteiger partial charge is 0.370 e. The minimum absolute atomic E-state index is 0.489. The van der Waals surface area contributed by atoms with Crippen molar-refractivity contribution >= 4 is 11.6 Å². The summed E-state index contributed by atoms with van der Waals surface area (Å²) in [5.74, 6) is 0.489. The minimum Gasteiger partial charge on any atom is -0.370 e. The quantitative estimate of drug-likeness (QED) is 0.672. The molecule has 1 aromatic carbocycles. The lowest BCUT2D eigenvalue weighted by Gasteiger charge is -2.19. The maximum atomic E-state index is 6.03. The van der Waals surface area contributed by atoms with Gasteiger partial charge >= 0.3 is 0 Å². The number of nitrogens with zero attached hydrogens (tertiary/aromatic N) is 3. The molecule has 0 bridgehead atoms. The SMILES string of the molecule is Cn1cc(CCN=C(N)Nc2cccc3c2CCCC3)cn1. The number of benzene rings is 1. The third-order valence-electron chi connectivity index (χ3n) is 4.10. The first-order valence-corrected chi connectivity index (χ1v) is 7.87. The summed E-state index contributed by atoms with van der Waals surface area (Å²) >= 11 is 0. The van der Waals surface area contributed by atoms with Crippen molar-refractivity contribution in [2.75, 3.05) is 11.9 Å². The van der Waals surface area contributed by atoms with Crippen LogP contribution in [0.15, 0.2) is 35.6 Å². The number of hydrogen-bond donors (Lipinski definition) is 2. The van der Waals surface area contributed by atoms with Crippen LogP contribution in [-0.4, -0.2) is 22.3 Å². The van der Waals surface area contributed by atoms with Crippen LogP contribution in [0.5, 0.6) is 0 Å². The maximum Gasteiger partial charge on any atom is 0.193 e. The molecule has 0 saturated carbocycles. The number of aryl methyl sites for hydroxylation is 2. The van der Waals surface area contributed by atoms with Gasteiger partial charge in [-0.05, 0) is 54.9 Å². The molecule has 5 heteroatoms. The first-order valence-electron chi connectivity index (χ1n) is 7.87. The van der Waals surface area contributed by atoms with Crippen molar-refractivity contribution < 1.29 is 0 Å². The van der Waals surface area contributed by atoms with Crippen LogP contribution in [0, 0.1) is 0 Å². The number of guanidine groups is 1. The lowest BCUT2D eigenvalue weighted by atomic mass is 9.90. The summed E-state index contributed by atoms with van der Waals surface area (Å²) in [6.07, 6.45) is 9.56. The summed E-state index contributed by atoms with van der Waals surface area (Å²) in [6.45, 7) is 0.666. The number of nitrogens with one attached hydrogen (secondary N) is 1. The Morgan fingerprint density at radius 1 is 1.36 bits per heavy atom. The van der Waals surface area contributed by atoms with Crippen molar-refractivity contribution in [1.29, 1.82) is 0 Å². The van der Waals surface area contributed by atoms with Crippen LogP contribution in [0.4, 0.5) is 5.69 Å². The molecular weight excluding hydrogens is 274 g/mol. The Bertz CT molecular complexity index is 671. The fourth-order valence-electron chi connectivity index (χ4n) is 2.98. The van der Waals surface area contributed by atoms with Gasteiger partial charge in [0, 0.05) is 25.5 Å². The first-order chi connectivity index (χ1) is 10.7. The third-order valence-corrected chi connectivity index (χ3v) is 4.10. The number of rotatable bonds is 4. The second kappa shape index (κ2) is 6.64. The molecule has 0 fully saturated rings. The predicted molar refractivity (Wildman–Crippen MR) is 90.1 cm³/mol. The van der Waals surface area contributed by atoms with E-state index in [1.165, 1.54) is 36.0 Å². The summed E-state index contributed by atoms with van der Waals surface area (Å²) in [7, 11) is 1.92. The van der Waals surface area contributed by atoms with Crippen LogP contribution < -0.4 is 11.1 Å². The molecule has 1 aliphatic rings. The highest BCUT2D eigenvalue weighted by Gasteiger charge is 2.12. The van der Waals surface area contributed by atoms with Gasteiger partial charge < -0.3 is 11.1 Å². The average molecular weight is 297 g/mol. The van der Waals surface area contributed by atoms with Gasteiger partial charge in [0.05, 0.1) is 6.20 Å². The standard InChI is InChI=1S/C17H23N5/c1-22-12-13(11-20-22)9-10-19-17(18)21-16-8-4-6-14-5-2-3-7-15(14)16/h4,6,8,11-12H,2-3,5,7,9-10H2,1H3,(H3,18,19,21). The zero-order valence-electron chi connectivity index (χ0n) is 13.0. The van der Waals surface area contributed by atoms with Gasteiger partial charge in [-0.25, -0.2) is 0 Å². The summed E-state index contributed by atoms with van der Waals surface area (Å²) in [5.41, 5.74) is 11.2. The molecule has 1 aliphatic carbocycles. The molecular formula is C17H23N5. The second-order valence-corrected chi connectivity index (χ2v) is 5.81. The van der Waals surface area contributed by atoms with Gasteiger partial charge in [-0.15, -0.1) is 0 Å². The number of nitrogens with two attached hydrogens (primary N) is 1. The Balaban J connectivity index is 1.61. The van der Waals surface area contributed by atoms with E-state index < -0.39 is 0 Å². The van der Waals surface area contributed by atoms with E-state index in [0.717, 1.165) is 18.5 Å². The van der Waals surface area contributed by atoms with Crippen molar-refractivity contribution in [2.45, 2.75) is 32.1 Å². The van der Waals surface area contributed by atoms with Crippen LogP contribution in [0.1, 0.15) is 29.5 Å². The van der Waals surface area contributed by atoms with Crippen LogP contribution in [0.2, 0.25) is 0 Å². The number of hydrogen-bond acceptors (Lipinski definition) is 2. The Morgan fingerprint density at radius 3 is 3.05 bits per heavy atom. The normalized spacial score (nSPS) is 14.7. The Kier molecular flexibility index (Phi) is 4.42. The van der Waals surface area contributed by atoms with Gasteiger partial charge in [0.25, 0.3) is 0 Å². The molecule has 116 valence electrons. The zero-order valence-corrected chi connectivity index (χ0v) is 13.0. The molecule has 22 heavy (non-hydrogen) atoms. The second-order valence-electron chi connectivity index (χ2n) is 5.81. The predicted octanol–water partition coefficient (Wildman–Crippen LogP) is 2.27. The summed E-state index contributed by atoms with van der Waals surface area (Å²) in [5, 5.41) is 7.42. The third kappa shape index (κ3) is 3.47. The van der Waals surface area contributed by atoms with Crippen molar-refractivity contribution in [2.24, 2.45) is 17.8 Å². The molecule has 0 atom stereocenters. The van der Waals surface area contributed by atoms with Crippen LogP contribution in [0.25, 0.3) is 0 Å². The topological polar surface area (TPSA) is 68.2 Å².